The number of hydrogen-bond acceptors (Lipinski definition) is 4. The molecular formula is C13H18ClN3O2. The quantitative estimate of drug-likeness (QED) is 0.687. The molecule has 104 valence electrons. The molecule has 0 aliphatic carbocycles. The zero-order valence-electron chi connectivity index (χ0n) is 11.6. The van der Waals surface area contributed by atoms with Crippen LogP contribution in [0.4, 0.5) is 4.79 Å². The maximum atomic E-state index is 12.1. The molecule has 1 aromatic rings. The summed E-state index contributed by atoms with van der Waals surface area (Å²) in [5.41, 5.74) is 1.22. The summed E-state index contributed by atoms with van der Waals surface area (Å²) >= 11 is 6.06. The highest BCUT2D eigenvalue weighted by atomic mass is 35.5. The molecule has 1 amide bonds. The summed E-state index contributed by atoms with van der Waals surface area (Å²) in [7, 11) is 0. The van der Waals surface area contributed by atoms with E-state index in [1.165, 1.54) is 6.33 Å². The monoisotopic (exact) mass is 283 g/mol. The van der Waals surface area contributed by atoms with Crippen LogP contribution in [0.1, 0.15) is 39.0 Å². The van der Waals surface area contributed by atoms with Gasteiger partial charge in [-0.1, -0.05) is 11.6 Å². The van der Waals surface area contributed by atoms with Crippen molar-refractivity contribution in [2.75, 3.05) is 0 Å². The Morgan fingerprint density at radius 1 is 1.47 bits per heavy atom. The molecule has 1 aliphatic rings. The molecule has 0 spiro atoms. The third kappa shape index (κ3) is 3.15. The van der Waals surface area contributed by atoms with Crippen LogP contribution >= 0.6 is 11.6 Å². The molecule has 0 bridgehead atoms. The van der Waals surface area contributed by atoms with Crippen LogP contribution in [0.15, 0.2) is 6.33 Å². The zero-order valence-corrected chi connectivity index (χ0v) is 12.4. The first-order valence-corrected chi connectivity index (χ1v) is 6.63. The average molecular weight is 284 g/mol. The molecule has 0 radical (unpaired) electrons. The van der Waals surface area contributed by atoms with Crippen LogP contribution < -0.4 is 0 Å². The number of fused-ring (bicyclic) bond motifs is 1. The van der Waals surface area contributed by atoms with Crippen molar-refractivity contribution in [3.8, 4) is 0 Å². The number of carbonyl (C=O) groups is 1. The third-order valence-electron chi connectivity index (χ3n) is 2.96. The molecule has 2 rings (SSSR count). The molecule has 1 atom stereocenters. The van der Waals surface area contributed by atoms with E-state index in [2.05, 4.69) is 9.97 Å². The molecule has 19 heavy (non-hydrogen) atoms. The van der Waals surface area contributed by atoms with Crippen LogP contribution in [0.25, 0.3) is 0 Å². The van der Waals surface area contributed by atoms with Crippen LogP contribution in [0.3, 0.4) is 0 Å². The van der Waals surface area contributed by atoms with Gasteiger partial charge in [-0.15, -0.1) is 0 Å². The molecule has 0 fully saturated rings. The van der Waals surface area contributed by atoms with Crippen LogP contribution in [0.5, 0.6) is 0 Å². The second-order valence-corrected chi connectivity index (χ2v) is 6.11. The van der Waals surface area contributed by atoms with E-state index in [9.17, 15) is 4.79 Å². The Morgan fingerprint density at radius 3 is 2.79 bits per heavy atom. The molecule has 0 N–H and O–H groups in total. The van der Waals surface area contributed by atoms with Gasteiger partial charge < -0.3 is 4.74 Å². The van der Waals surface area contributed by atoms with E-state index in [0.717, 1.165) is 11.3 Å². The number of aromatic nitrogens is 2. The Kier molecular flexibility index (Phi) is 3.67. The number of carbonyl (C=O) groups excluding carboxylic acids is 1. The fraction of sp³-hybridized carbons (Fsp3) is 0.615. The van der Waals surface area contributed by atoms with Crippen molar-refractivity contribution in [3.05, 3.63) is 22.7 Å². The predicted molar refractivity (Wildman–Crippen MR) is 72.0 cm³/mol. The molecule has 2 heterocycles. The van der Waals surface area contributed by atoms with Gasteiger partial charge in [0.2, 0.25) is 0 Å². The summed E-state index contributed by atoms with van der Waals surface area (Å²) in [6.07, 6.45) is 1.75. The Labute approximate surface area is 117 Å². The van der Waals surface area contributed by atoms with Crippen molar-refractivity contribution in [1.82, 2.24) is 14.9 Å². The van der Waals surface area contributed by atoms with Gasteiger partial charge in [0.25, 0.3) is 0 Å². The van der Waals surface area contributed by atoms with E-state index in [1.807, 2.05) is 27.7 Å². The minimum absolute atomic E-state index is 0.0193. The van der Waals surface area contributed by atoms with Crippen molar-refractivity contribution in [3.63, 3.8) is 0 Å². The van der Waals surface area contributed by atoms with Gasteiger partial charge in [0.1, 0.15) is 17.1 Å². The molecule has 0 saturated carbocycles. The van der Waals surface area contributed by atoms with E-state index in [1.54, 1.807) is 4.90 Å². The highest BCUT2D eigenvalue weighted by Gasteiger charge is 2.32. The number of hydrogen-bond donors (Lipinski definition) is 0. The fourth-order valence-electron chi connectivity index (χ4n) is 2.05. The summed E-state index contributed by atoms with van der Waals surface area (Å²) in [6.45, 7) is 7.94. The Bertz CT molecular complexity index is 499. The van der Waals surface area contributed by atoms with Crippen molar-refractivity contribution in [2.45, 2.75) is 52.3 Å². The topological polar surface area (TPSA) is 55.3 Å². The lowest BCUT2D eigenvalue weighted by molar-refractivity contribution is 0.0134. The minimum atomic E-state index is -0.500. The van der Waals surface area contributed by atoms with Gasteiger partial charge in [-0.2, -0.15) is 0 Å². The first kappa shape index (κ1) is 14.1. The van der Waals surface area contributed by atoms with Crippen LogP contribution in [-0.4, -0.2) is 32.6 Å². The molecule has 0 saturated heterocycles. The second-order valence-electron chi connectivity index (χ2n) is 5.75. The van der Waals surface area contributed by atoms with Gasteiger partial charge in [-0.3, -0.25) is 4.90 Å². The van der Waals surface area contributed by atoms with Gasteiger partial charge in [0, 0.05) is 11.6 Å². The number of halogens is 1. The van der Waals surface area contributed by atoms with Crippen LogP contribution in [0.2, 0.25) is 5.15 Å². The lowest BCUT2D eigenvalue weighted by Gasteiger charge is -2.35. The van der Waals surface area contributed by atoms with E-state index in [4.69, 9.17) is 16.3 Å². The number of rotatable bonds is 0. The fourth-order valence-corrected chi connectivity index (χ4v) is 2.28. The SMILES string of the molecule is C[C@@H]1Cc2c(Cl)ncnc2CN1C(=O)OC(C)(C)C. The van der Waals surface area contributed by atoms with Crippen molar-refractivity contribution in [1.29, 1.82) is 0 Å². The summed E-state index contributed by atoms with van der Waals surface area (Å²) in [5.74, 6) is 0. The third-order valence-corrected chi connectivity index (χ3v) is 3.29. The van der Waals surface area contributed by atoms with E-state index in [0.29, 0.717) is 18.1 Å². The summed E-state index contributed by atoms with van der Waals surface area (Å²) in [4.78, 5) is 22.0. The summed E-state index contributed by atoms with van der Waals surface area (Å²) in [5, 5.41) is 0.473. The molecule has 0 unspecified atom stereocenters. The Balaban J connectivity index is 2.20. The maximum absolute atomic E-state index is 12.1. The molecule has 6 heteroatoms. The summed E-state index contributed by atoms with van der Waals surface area (Å²) in [6, 6.07) is 0.0193. The summed E-state index contributed by atoms with van der Waals surface area (Å²) < 4.78 is 5.40. The van der Waals surface area contributed by atoms with E-state index < -0.39 is 5.60 Å². The molecule has 5 nitrogen and oxygen atoms in total. The molecule has 1 aromatic heterocycles. The van der Waals surface area contributed by atoms with Gasteiger partial charge in [-0.05, 0) is 34.1 Å². The van der Waals surface area contributed by atoms with Crippen LogP contribution in [0, 0.1) is 0 Å². The lowest BCUT2D eigenvalue weighted by atomic mass is 10.0. The van der Waals surface area contributed by atoms with Gasteiger partial charge in [-0.25, -0.2) is 14.8 Å². The number of nitrogens with zero attached hydrogens (tertiary/aromatic N) is 3. The largest absolute Gasteiger partial charge is 0.444 e. The molecule has 0 aromatic carbocycles. The van der Waals surface area contributed by atoms with E-state index in [-0.39, 0.29) is 12.1 Å². The first-order valence-electron chi connectivity index (χ1n) is 6.26. The van der Waals surface area contributed by atoms with Gasteiger partial charge in [0.15, 0.2) is 0 Å². The zero-order chi connectivity index (χ0) is 14.2. The first-order chi connectivity index (χ1) is 8.78. The molecule has 1 aliphatic heterocycles. The van der Waals surface area contributed by atoms with Gasteiger partial charge in [0.05, 0.1) is 12.2 Å². The maximum Gasteiger partial charge on any atom is 0.410 e. The standard InChI is InChI=1S/C13H18ClN3O2/c1-8-5-9-10(15-7-16-11(9)14)6-17(8)12(18)19-13(2,3)4/h7-8H,5-6H2,1-4H3/t8-/m1/s1. The second kappa shape index (κ2) is 4.96. The lowest BCUT2D eigenvalue weighted by Crippen LogP contribution is -2.45. The number of amides is 1. The normalized spacial score (nSPS) is 19.0. The Morgan fingerprint density at radius 2 is 2.16 bits per heavy atom. The van der Waals surface area contributed by atoms with Crippen molar-refractivity contribution in [2.24, 2.45) is 0 Å². The Hall–Kier alpha value is -1.36. The average Bonchev–Trinajstić information content (AvgIpc) is 2.27. The van der Waals surface area contributed by atoms with E-state index >= 15 is 0 Å². The van der Waals surface area contributed by atoms with Crippen molar-refractivity contribution < 1.29 is 9.53 Å². The highest BCUT2D eigenvalue weighted by molar-refractivity contribution is 6.30. The predicted octanol–water partition coefficient (Wildman–Crippen LogP) is 2.81. The van der Waals surface area contributed by atoms with Gasteiger partial charge >= 0.3 is 6.09 Å². The number of ether oxygens (including phenoxy) is 1. The highest BCUT2D eigenvalue weighted by Crippen LogP contribution is 2.27. The minimum Gasteiger partial charge on any atom is -0.444 e. The molecular weight excluding hydrogens is 266 g/mol. The van der Waals surface area contributed by atoms with Crippen molar-refractivity contribution >= 4 is 17.7 Å². The smallest absolute Gasteiger partial charge is 0.410 e. The van der Waals surface area contributed by atoms with Crippen LogP contribution in [-0.2, 0) is 17.7 Å².